The second-order valence-electron chi connectivity index (χ2n) is 4.21. The van der Waals surface area contributed by atoms with Crippen molar-refractivity contribution in [2.24, 2.45) is 0 Å². The van der Waals surface area contributed by atoms with Gasteiger partial charge in [-0.3, -0.25) is 0 Å². The molecule has 0 atom stereocenters. The average Bonchev–Trinajstić information content (AvgIpc) is 2.65. The zero-order valence-electron chi connectivity index (χ0n) is 9.94. The van der Waals surface area contributed by atoms with E-state index >= 15 is 0 Å². The summed E-state index contributed by atoms with van der Waals surface area (Å²) in [5.41, 5.74) is 8.97. The van der Waals surface area contributed by atoms with E-state index in [0.717, 1.165) is 28.5 Å². The lowest BCUT2D eigenvalue weighted by atomic mass is 10.1. The molecule has 0 bridgehead atoms. The van der Waals surface area contributed by atoms with Gasteiger partial charge in [-0.05, 0) is 25.5 Å². The third kappa shape index (κ3) is 1.37. The van der Waals surface area contributed by atoms with Gasteiger partial charge in [-0.25, -0.2) is 9.67 Å². The lowest BCUT2D eigenvalue weighted by Gasteiger charge is -2.02. The maximum atomic E-state index is 5.91. The summed E-state index contributed by atoms with van der Waals surface area (Å²) in [4.78, 5) is 4.69. The van der Waals surface area contributed by atoms with Crippen molar-refractivity contribution in [2.45, 2.75) is 20.4 Å². The molecular weight excluding hydrogens is 212 g/mol. The molecule has 1 aromatic carbocycles. The Morgan fingerprint density at radius 3 is 2.94 bits per heavy atom. The van der Waals surface area contributed by atoms with Crippen LogP contribution in [0.3, 0.4) is 0 Å². The molecule has 4 heteroatoms. The van der Waals surface area contributed by atoms with Crippen molar-refractivity contribution in [3.05, 3.63) is 29.8 Å². The maximum Gasteiger partial charge on any atom is 0.160 e. The van der Waals surface area contributed by atoms with Crippen LogP contribution in [0, 0.1) is 6.92 Å². The Kier molecular flexibility index (Phi) is 2.04. The zero-order valence-corrected chi connectivity index (χ0v) is 9.94. The van der Waals surface area contributed by atoms with Crippen molar-refractivity contribution in [3.8, 4) is 0 Å². The first kappa shape index (κ1) is 10.1. The van der Waals surface area contributed by atoms with Crippen molar-refractivity contribution in [1.82, 2.24) is 14.8 Å². The molecule has 0 fully saturated rings. The average molecular weight is 226 g/mol. The van der Waals surface area contributed by atoms with Crippen LogP contribution in [-0.4, -0.2) is 14.8 Å². The van der Waals surface area contributed by atoms with Crippen LogP contribution in [0.15, 0.2) is 24.3 Å². The third-order valence-electron chi connectivity index (χ3n) is 3.08. The molecule has 0 aliphatic rings. The van der Waals surface area contributed by atoms with Gasteiger partial charge in [0.2, 0.25) is 0 Å². The van der Waals surface area contributed by atoms with E-state index in [1.807, 2.05) is 17.7 Å². The van der Waals surface area contributed by atoms with Gasteiger partial charge in [0.25, 0.3) is 0 Å². The maximum absolute atomic E-state index is 5.91. The number of aryl methyl sites for hydroxylation is 2. The van der Waals surface area contributed by atoms with Gasteiger partial charge in [0.15, 0.2) is 11.5 Å². The number of rotatable bonds is 1. The Morgan fingerprint density at radius 1 is 1.35 bits per heavy atom. The number of para-hydroxylation sites is 1. The van der Waals surface area contributed by atoms with Crippen LogP contribution in [0.1, 0.15) is 12.5 Å². The van der Waals surface area contributed by atoms with Crippen LogP contribution in [0.25, 0.3) is 21.9 Å². The summed E-state index contributed by atoms with van der Waals surface area (Å²) >= 11 is 0. The number of aromatic nitrogens is 3. The van der Waals surface area contributed by atoms with Crippen molar-refractivity contribution < 1.29 is 0 Å². The first-order chi connectivity index (χ1) is 8.20. The van der Waals surface area contributed by atoms with Gasteiger partial charge in [0, 0.05) is 11.9 Å². The predicted molar refractivity (Wildman–Crippen MR) is 69.9 cm³/mol. The van der Waals surface area contributed by atoms with E-state index in [4.69, 9.17) is 5.73 Å². The molecule has 0 aliphatic carbocycles. The van der Waals surface area contributed by atoms with Crippen LogP contribution < -0.4 is 5.73 Å². The van der Waals surface area contributed by atoms with E-state index in [1.54, 1.807) is 0 Å². The fourth-order valence-electron chi connectivity index (χ4n) is 2.17. The number of fused-ring (bicyclic) bond motifs is 2. The minimum Gasteiger partial charge on any atom is -0.382 e. The summed E-state index contributed by atoms with van der Waals surface area (Å²) in [6.45, 7) is 4.88. The molecule has 0 radical (unpaired) electrons. The van der Waals surface area contributed by atoms with E-state index in [1.165, 1.54) is 5.56 Å². The van der Waals surface area contributed by atoms with Gasteiger partial charge in [-0.1, -0.05) is 18.2 Å². The highest BCUT2D eigenvalue weighted by Crippen LogP contribution is 2.25. The SMILES string of the molecule is CCn1nc(N)c2cc3cccc(C)c3nc21. The Hall–Kier alpha value is -2.10. The van der Waals surface area contributed by atoms with Crippen molar-refractivity contribution in [2.75, 3.05) is 5.73 Å². The van der Waals surface area contributed by atoms with Gasteiger partial charge >= 0.3 is 0 Å². The smallest absolute Gasteiger partial charge is 0.160 e. The highest BCUT2D eigenvalue weighted by Gasteiger charge is 2.10. The predicted octanol–water partition coefficient (Wildman–Crippen LogP) is 2.50. The van der Waals surface area contributed by atoms with Gasteiger partial charge < -0.3 is 5.73 Å². The lowest BCUT2D eigenvalue weighted by Crippen LogP contribution is -1.98. The van der Waals surface area contributed by atoms with Crippen LogP contribution in [0.2, 0.25) is 0 Å². The summed E-state index contributed by atoms with van der Waals surface area (Å²) in [5, 5.41) is 6.34. The lowest BCUT2D eigenvalue weighted by molar-refractivity contribution is 0.681. The molecule has 0 unspecified atom stereocenters. The van der Waals surface area contributed by atoms with Gasteiger partial charge in [-0.2, -0.15) is 5.10 Å². The molecule has 3 aromatic rings. The molecule has 2 aromatic heterocycles. The molecule has 2 heterocycles. The minimum atomic E-state index is 0.553. The number of benzene rings is 1. The van der Waals surface area contributed by atoms with Gasteiger partial charge in [0.1, 0.15) is 0 Å². The second-order valence-corrected chi connectivity index (χ2v) is 4.21. The molecule has 17 heavy (non-hydrogen) atoms. The van der Waals surface area contributed by atoms with E-state index in [9.17, 15) is 0 Å². The summed E-state index contributed by atoms with van der Waals surface area (Å²) in [6.07, 6.45) is 0. The van der Waals surface area contributed by atoms with Crippen molar-refractivity contribution in [1.29, 1.82) is 0 Å². The van der Waals surface area contributed by atoms with Gasteiger partial charge in [0.05, 0.1) is 10.9 Å². The largest absolute Gasteiger partial charge is 0.382 e. The number of nitrogens with zero attached hydrogens (tertiary/aromatic N) is 3. The topological polar surface area (TPSA) is 56.7 Å². The molecule has 0 saturated heterocycles. The van der Waals surface area contributed by atoms with Crippen molar-refractivity contribution in [3.63, 3.8) is 0 Å². The summed E-state index contributed by atoms with van der Waals surface area (Å²) in [7, 11) is 0. The zero-order chi connectivity index (χ0) is 12.0. The standard InChI is InChI=1S/C13H14N4/c1-3-17-13-10(12(14)16-17)7-9-6-4-5-8(2)11(9)15-13/h4-7H,3H2,1-2H3,(H2,14,16). The first-order valence-electron chi connectivity index (χ1n) is 5.73. The van der Waals surface area contributed by atoms with Crippen LogP contribution in [0.4, 0.5) is 5.82 Å². The highest BCUT2D eigenvalue weighted by atomic mass is 15.3. The molecule has 3 rings (SSSR count). The molecule has 4 nitrogen and oxygen atoms in total. The normalized spacial score (nSPS) is 11.4. The minimum absolute atomic E-state index is 0.553. The number of nitrogens with two attached hydrogens (primary N) is 1. The Labute approximate surface area is 99.1 Å². The van der Waals surface area contributed by atoms with Crippen molar-refractivity contribution >= 4 is 27.8 Å². The molecule has 86 valence electrons. The van der Waals surface area contributed by atoms with E-state index < -0.39 is 0 Å². The number of nitrogen functional groups attached to an aromatic ring is 1. The van der Waals surface area contributed by atoms with Crippen LogP contribution in [0.5, 0.6) is 0 Å². The fourth-order valence-corrected chi connectivity index (χ4v) is 2.17. The Morgan fingerprint density at radius 2 is 2.18 bits per heavy atom. The molecular formula is C13H14N4. The number of anilines is 1. The number of hydrogen-bond donors (Lipinski definition) is 1. The number of hydrogen-bond acceptors (Lipinski definition) is 3. The monoisotopic (exact) mass is 226 g/mol. The third-order valence-corrected chi connectivity index (χ3v) is 3.08. The van der Waals surface area contributed by atoms with Crippen LogP contribution in [-0.2, 0) is 6.54 Å². The molecule has 2 N–H and O–H groups in total. The summed E-state index contributed by atoms with van der Waals surface area (Å²) < 4.78 is 1.84. The molecule has 0 aliphatic heterocycles. The Bertz CT molecular complexity index is 712. The van der Waals surface area contributed by atoms with E-state index in [2.05, 4.69) is 35.2 Å². The number of pyridine rings is 1. The van der Waals surface area contributed by atoms with Crippen LogP contribution >= 0.6 is 0 Å². The van der Waals surface area contributed by atoms with E-state index in [0.29, 0.717) is 5.82 Å². The molecule has 0 saturated carbocycles. The molecule has 0 spiro atoms. The fraction of sp³-hybridized carbons (Fsp3) is 0.231. The second kappa shape index (κ2) is 3.45. The highest BCUT2D eigenvalue weighted by molar-refractivity contribution is 5.97. The van der Waals surface area contributed by atoms with E-state index in [-0.39, 0.29) is 0 Å². The van der Waals surface area contributed by atoms with Gasteiger partial charge in [-0.15, -0.1) is 0 Å². The summed E-state index contributed by atoms with van der Waals surface area (Å²) in [6, 6.07) is 8.22. The Balaban J connectivity index is 2.50. The first-order valence-corrected chi connectivity index (χ1v) is 5.73. The summed E-state index contributed by atoms with van der Waals surface area (Å²) in [5.74, 6) is 0.553. The quantitative estimate of drug-likeness (QED) is 0.693. The molecule has 0 amide bonds.